The molecule has 0 fully saturated rings. The molecule has 0 unspecified atom stereocenters. The molecule has 3 rings (SSSR count). The lowest BCUT2D eigenvalue weighted by Crippen LogP contribution is -2.18. The van der Waals surface area contributed by atoms with Crippen LogP contribution in [0.15, 0.2) is 42.9 Å². The van der Waals surface area contributed by atoms with Crippen LogP contribution in [0.3, 0.4) is 0 Å². The third-order valence-corrected chi connectivity index (χ3v) is 4.23. The van der Waals surface area contributed by atoms with Crippen LogP contribution < -0.4 is 10.6 Å². The number of benzene rings is 1. The highest BCUT2D eigenvalue weighted by Gasteiger charge is 2.15. The van der Waals surface area contributed by atoms with Gasteiger partial charge >= 0.3 is 0 Å². The van der Waals surface area contributed by atoms with E-state index in [0.29, 0.717) is 23.1 Å². The van der Waals surface area contributed by atoms with Crippen LogP contribution in [0.4, 0.5) is 5.82 Å². The van der Waals surface area contributed by atoms with Gasteiger partial charge in [0.15, 0.2) is 0 Å². The number of anilines is 1. The van der Waals surface area contributed by atoms with E-state index >= 15 is 0 Å². The Bertz CT molecular complexity index is 915. The SMILES string of the molecule is CNC(=O)c1ccnc2c([C@H](C)CNc3cc(Cl)ncn3)cccc12. The van der Waals surface area contributed by atoms with Crippen LogP contribution in [0.2, 0.25) is 5.15 Å². The van der Waals surface area contributed by atoms with E-state index in [0.717, 1.165) is 16.5 Å². The lowest BCUT2D eigenvalue weighted by Gasteiger charge is -2.16. The highest BCUT2D eigenvalue weighted by atomic mass is 35.5. The van der Waals surface area contributed by atoms with E-state index in [1.54, 1.807) is 25.4 Å². The van der Waals surface area contributed by atoms with E-state index in [-0.39, 0.29) is 11.8 Å². The van der Waals surface area contributed by atoms with Gasteiger partial charge in [0.2, 0.25) is 0 Å². The maximum absolute atomic E-state index is 12.1. The Balaban J connectivity index is 1.89. The summed E-state index contributed by atoms with van der Waals surface area (Å²) in [7, 11) is 1.62. The molecular weight excluding hydrogens is 338 g/mol. The highest BCUT2D eigenvalue weighted by molar-refractivity contribution is 6.29. The van der Waals surface area contributed by atoms with Crippen molar-refractivity contribution in [2.45, 2.75) is 12.8 Å². The Morgan fingerprint density at radius 3 is 2.84 bits per heavy atom. The molecular formula is C18H18ClN5O. The molecule has 6 nitrogen and oxygen atoms in total. The summed E-state index contributed by atoms with van der Waals surface area (Å²) in [4.78, 5) is 24.6. The summed E-state index contributed by atoms with van der Waals surface area (Å²) in [5.74, 6) is 0.710. The fourth-order valence-corrected chi connectivity index (χ4v) is 2.87. The van der Waals surface area contributed by atoms with Crippen LogP contribution in [0.5, 0.6) is 0 Å². The second kappa shape index (κ2) is 7.44. The van der Waals surface area contributed by atoms with Gasteiger partial charge in [-0.25, -0.2) is 9.97 Å². The zero-order valence-corrected chi connectivity index (χ0v) is 14.7. The number of amides is 1. The lowest BCUT2D eigenvalue weighted by atomic mass is 9.96. The summed E-state index contributed by atoms with van der Waals surface area (Å²) < 4.78 is 0. The maximum atomic E-state index is 12.1. The summed E-state index contributed by atoms with van der Waals surface area (Å²) in [6.07, 6.45) is 3.09. The molecule has 25 heavy (non-hydrogen) atoms. The molecule has 0 aliphatic heterocycles. The van der Waals surface area contributed by atoms with E-state index in [4.69, 9.17) is 11.6 Å². The summed E-state index contributed by atoms with van der Waals surface area (Å²) in [6.45, 7) is 2.75. The lowest BCUT2D eigenvalue weighted by molar-refractivity contribution is 0.0964. The first-order valence-corrected chi connectivity index (χ1v) is 8.29. The van der Waals surface area contributed by atoms with Crippen molar-refractivity contribution in [3.63, 3.8) is 0 Å². The molecule has 1 amide bonds. The van der Waals surface area contributed by atoms with Crippen molar-refractivity contribution in [3.05, 3.63) is 59.1 Å². The van der Waals surface area contributed by atoms with Gasteiger partial charge in [0, 0.05) is 37.2 Å². The van der Waals surface area contributed by atoms with Crippen molar-refractivity contribution in [2.24, 2.45) is 0 Å². The minimum Gasteiger partial charge on any atom is -0.369 e. The smallest absolute Gasteiger partial charge is 0.251 e. The number of hydrogen-bond acceptors (Lipinski definition) is 5. The van der Waals surface area contributed by atoms with Crippen molar-refractivity contribution in [2.75, 3.05) is 18.9 Å². The molecule has 1 aromatic carbocycles. The van der Waals surface area contributed by atoms with Gasteiger partial charge in [-0.2, -0.15) is 0 Å². The molecule has 2 heterocycles. The molecule has 128 valence electrons. The van der Waals surface area contributed by atoms with E-state index in [2.05, 4.69) is 32.5 Å². The molecule has 1 atom stereocenters. The third kappa shape index (κ3) is 3.69. The van der Waals surface area contributed by atoms with Gasteiger partial charge in [0.25, 0.3) is 5.91 Å². The predicted octanol–water partition coefficient (Wildman–Crippen LogP) is 3.25. The first-order chi connectivity index (χ1) is 12.1. The van der Waals surface area contributed by atoms with Gasteiger partial charge in [-0.3, -0.25) is 9.78 Å². The largest absolute Gasteiger partial charge is 0.369 e. The number of pyridine rings is 1. The Morgan fingerprint density at radius 1 is 1.24 bits per heavy atom. The van der Waals surface area contributed by atoms with Crippen LogP contribution in [0, 0.1) is 0 Å². The van der Waals surface area contributed by atoms with Crippen molar-refractivity contribution in [1.82, 2.24) is 20.3 Å². The number of para-hydroxylation sites is 1. The van der Waals surface area contributed by atoms with Crippen molar-refractivity contribution < 1.29 is 4.79 Å². The molecule has 3 aromatic rings. The first kappa shape index (κ1) is 17.1. The summed E-state index contributed by atoms with van der Waals surface area (Å²) >= 11 is 5.88. The molecule has 0 spiro atoms. The van der Waals surface area contributed by atoms with Crippen molar-refractivity contribution >= 4 is 34.2 Å². The predicted molar refractivity (Wildman–Crippen MR) is 99.1 cm³/mol. The number of carbonyl (C=O) groups is 1. The molecule has 0 saturated heterocycles. The zero-order valence-electron chi connectivity index (χ0n) is 14.0. The Labute approximate surface area is 150 Å². The van der Waals surface area contributed by atoms with E-state index in [1.807, 2.05) is 18.2 Å². The number of nitrogens with one attached hydrogen (secondary N) is 2. The molecule has 2 N–H and O–H groups in total. The zero-order chi connectivity index (χ0) is 17.8. The molecule has 0 aliphatic carbocycles. The molecule has 0 aliphatic rings. The molecule has 2 aromatic heterocycles. The van der Waals surface area contributed by atoms with Gasteiger partial charge in [-0.15, -0.1) is 0 Å². The number of hydrogen-bond donors (Lipinski definition) is 2. The summed E-state index contributed by atoms with van der Waals surface area (Å²) in [5.41, 5.74) is 2.52. The number of carbonyl (C=O) groups excluding carboxylic acids is 1. The summed E-state index contributed by atoms with van der Waals surface area (Å²) in [6, 6.07) is 9.31. The van der Waals surface area contributed by atoms with Crippen LogP contribution in [-0.4, -0.2) is 34.5 Å². The van der Waals surface area contributed by atoms with Crippen LogP contribution in [0.25, 0.3) is 10.9 Å². The van der Waals surface area contributed by atoms with Gasteiger partial charge < -0.3 is 10.6 Å². The number of rotatable bonds is 5. The molecule has 0 radical (unpaired) electrons. The number of fused-ring (bicyclic) bond motifs is 1. The monoisotopic (exact) mass is 355 g/mol. The quantitative estimate of drug-likeness (QED) is 0.687. The van der Waals surface area contributed by atoms with Gasteiger partial charge in [-0.1, -0.05) is 36.7 Å². The number of nitrogens with zero attached hydrogens (tertiary/aromatic N) is 3. The van der Waals surface area contributed by atoms with Crippen molar-refractivity contribution in [3.8, 4) is 0 Å². The second-order valence-electron chi connectivity index (χ2n) is 5.69. The van der Waals surface area contributed by atoms with Gasteiger partial charge in [0.1, 0.15) is 17.3 Å². The number of aromatic nitrogens is 3. The van der Waals surface area contributed by atoms with E-state index in [1.165, 1.54) is 6.33 Å². The van der Waals surface area contributed by atoms with Crippen LogP contribution in [0.1, 0.15) is 28.8 Å². The Kier molecular flexibility index (Phi) is 5.09. The Morgan fingerprint density at radius 2 is 2.08 bits per heavy atom. The standard InChI is InChI=1S/C18H18ClN5O/c1-11(9-22-16-8-15(19)23-10-24-16)12-4-3-5-13-14(18(25)20-2)6-7-21-17(12)13/h3-8,10-11H,9H2,1-2H3,(H,20,25)(H,22,23,24)/t11-/m1/s1. The van der Waals surface area contributed by atoms with Crippen LogP contribution in [-0.2, 0) is 0 Å². The number of halogens is 1. The maximum Gasteiger partial charge on any atom is 0.251 e. The van der Waals surface area contributed by atoms with E-state index in [9.17, 15) is 4.79 Å². The molecule has 0 bridgehead atoms. The minimum absolute atomic E-state index is 0.119. The molecule has 7 heteroatoms. The van der Waals surface area contributed by atoms with Gasteiger partial charge in [-0.05, 0) is 11.6 Å². The summed E-state index contributed by atoms with van der Waals surface area (Å²) in [5, 5.41) is 7.16. The van der Waals surface area contributed by atoms with Gasteiger partial charge in [0.05, 0.1) is 11.1 Å². The second-order valence-corrected chi connectivity index (χ2v) is 6.08. The minimum atomic E-state index is -0.119. The van der Waals surface area contributed by atoms with Crippen molar-refractivity contribution in [1.29, 1.82) is 0 Å². The Hall–Kier alpha value is -2.73. The topological polar surface area (TPSA) is 79.8 Å². The fourth-order valence-electron chi connectivity index (χ4n) is 2.73. The average molecular weight is 356 g/mol. The van der Waals surface area contributed by atoms with E-state index < -0.39 is 0 Å². The normalized spacial score (nSPS) is 12.0. The highest BCUT2D eigenvalue weighted by Crippen LogP contribution is 2.26. The fraction of sp³-hybridized carbons (Fsp3) is 0.222. The average Bonchev–Trinajstić information content (AvgIpc) is 2.64. The van der Waals surface area contributed by atoms with Crippen LogP contribution >= 0.6 is 11.6 Å². The molecule has 0 saturated carbocycles. The third-order valence-electron chi connectivity index (χ3n) is 4.03. The first-order valence-electron chi connectivity index (χ1n) is 7.91.